The van der Waals surface area contributed by atoms with Gasteiger partial charge in [0.2, 0.25) is 0 Å². The molecule has 1 atom stereocenters. The lowest BCUT2D eigenvalue weighted by atomic mass is 9.88. The van der Waals surface area contributed by atoms with Crippen LogP contribution in [0, 0.1) is 5.92 Å². The second kappa shape index (κ2) is 5.46. The number of aliphatic carboxylic acids is 1. The summed E-state index contributed by atoms with van der Waals surface area (Å²) < 4.78 is 0. The number of hydrogen-bond donors (Lipinski definition) is 1. The lowest BCUT2D eigenvalue weighted by Crippen LogP contribution is -2.22. The smallest absolute Gasteiger partial charge is 0.311 e. The van der Waals surface area contributed by atoms with Crippen LogP contribution < -0.4 is 0 Å². The minimum Gasteiger partial charge on any atom is -0.481 e. The molecule has 4 heteroatoms. The Morgan fingerprint density at radius 1 is 1.33 bits per heavy atom. The molecule has 1 N–H and O–H groups in total. The molecule has 0 spiro atoms. The lowest BCUT2D eigenvalue weighted by molar-refractivity contribution is -0.139. The number of rotatable bonds is 5. The molecule has 0 unspecified atom stereocenters. The van der Waals surface area contributed by atoms with Gasteiger partial charge in [0.25, 0.3) is 0 Å². The number of carboxylic acids is 1. The monoisotopic (exact) mass is 250 g/mol. The lowest BCUT2D eigenvalue weighted by Gasteiger charge is -2.22. The van der Waals surface area contributed by atoms with Crippen LogP contribution in [0.15, 0.2) is 12.4 Å². The molecular formula is C14H22N2O2. The molecule has 0 bridgehead atoms. The fraction of sp³-hybridized carbons (Fsp3) is 0.643. The summed E-state index contributed by atoms with van der Waals surface area (Å²) in [5.41, 5.74) is 0.600. The molecule has 1 aromatic heterocycles. The zero-order chi connectivity index (χ0) is 13.9. The van der Waals surface area contributed by atoms with Gasteiger partial charge in [0.1, 0.15) is 5.82 Å². The molecule has 0 amide bonds. The maximum Gasteiger partial charge on any atom is 0.311 e. The van der Waals surface area contributed by atoms with Gasteiger partial charge in [-0.15, -0.1) is 0 Å². The van der Waals surface area contributed by atoms with Crippen molar-refractivity contribution in [1.29, 1.82) is 0 Å². The second-order valence-corrected chi connectivity index (χ2v) is 5.64. The van der Waals surface area contributed by atoms with Gasteiger partial charge in [-0.3, -0.25) is 4.79 Å². The van der Waals surface area contributed by atoms with Crippen LogP contribution in [0.5, 0.6) is 0 Å². The first kappa shape index (κ1) is 14.6. The Bertz CT molecular complexity index is 410. The van der Waals surface area contributed by atoms with Gasteiger partial charge >= 0.3 is 5.97 Å². The Labute approximate surface area is 108 Å². The first-order valence-corrected chi connectivity index (χ1v) is 6.34. The average Bonchev–Trinajstić information content (AvgIpc) is 2.29. The minimum atomic E-state index is -0.823. The molecule has 1 heterocycles. The Morgan fingerprint density at radius 2 is 1.83 bits per heavy atom. The molecule has 0 aliphatic heterocycles. The van der Waals surface area contributed by atoms with Gasteiger partial charge < -0.3 is 5.11 Å². The van der Waals surface area contributed by atoms with Crippen molar-refractivity contribution in [2.75, 3.05) is 0 Å². The summed E-state index contributed by atoms with van der Waals surface area (Å²) in [6.45, 7) is 10.0. The van der Waals surface area contributed by atoms with E-state index in [1.807, 2.05) is 13.8 Å². The zero-order valence-corrected chi connectivity index (χ0v) is 11.8. The van der Waals surface area contributed by atoms with Crippen LogP contribution >= 0.6 is 0 Å². The number of nitrogens with zero attached hydrogens (tertiary/aromatic N) is 2. The van der Waals surface area contributed by atoms with E-state index < -0.39 is 11.9 Å². The highest BCUT2D eigenvalue weighted by Crippen LogP contribution is 2.26. The number of carbonyl (C=O) groups is 1. The molecule has 18 heavy (non-hydrogen) atoms. The zero-order valence-electron chi connectivity index (χ0n) is 11.8. The van der Waals surface area contributed by atoms with Crippen molar-refractivity contribution in [3.63, 3.8) is 0 Å². The van der Waals surface area contributed by atoms with Gasteiger partial charge in [0, 0.05) is 23.4 Å². The van der Waals surface area contributed by atoms with E-state index in [4.69, 9.17) is 0 Å². The van der Waals surface area contributed by atoms with E-state index >= 15 is 0 Å². The van der Waals surface area contributed by atoms with Crippen LogP contribution in [0.1, 0.15) is 58.3 Å². The van der Waals surface area contributed by atoms with Crippen LogP contribution in [0.3, 0.4) is 0 Å². The second-order valence-electron chi connectivity index (χ2n) is 5.64. The molecule has 0 saturated heterocycles. The van der Waals surface area contributed by atoms with E-state index in [2.05, 4.69) is 30.7 Å². The fourth-order valence-electron chi connectivity index (χ4n) is 1.82. The Balaban J connectivity index is 3.05. The highest BCUT2D eigenvalue weighted by Gasteiger charge is 2.26. The van der Waals surface area contributed by atoms with Gasteiger partial charge in [-0.2, -0.15) is 0 Å². The summed E-state index contributed by atoms with van der Waals surface area (Å²) in [4.78, 5) is 19.9. The van der Waals surface area contributed by atoms with Crippen molar-refractivity contribution in [3.8, 4) is 0 Å². The number of aromatic nitrogens is 2. The topological polar surface area (TPSA) is 63.1 Å². The molecule has 0 aromatic carbocycles. The van der Waals surface area contributed by atoms with Crippen molar-refractivity contribution in [3.05, 3.63) is 23.8 Å². The van der Waals surface area contributed by atoms with Gasteiger partial charge in [-0.25, -0.2) is 9.97 Å². The third kappa shape index (κ3) is 3.06. The third-order valence-electron chi connectivity index (χ3n) is 3.45. The van der Waals surface area contributed by atoms with E-state index in [1.54, 1.807) is 12.4 Å². The van der Waals surface area contributed by atoms with E-state index in [9.17, 15) is 9.90 Å². The molecule has 4 nitrogen and oxygen atoms in total. The maximum atomic E-state index is 11.2. The summed E-state index contributed by atoms with van der Waals surface area (Å²) in [6.07, 6.45) is 4.25. The van der Waals surface area contributed by atoms with Gasteiger partial charge in [0.15, 0.2) is 0 Å². The van der Waals surface area contributed by atoms with Gasteiger partial charge in [0.05, 0.1) is 5.92 Å². The molecule has 0 aliphatic carbocycles. The van der Waals surface area contributed by atoms with E-state index in [0.29, 0.717) is 5.56 Å². The molecule has 1 rings (SSSR count). The average molecular weight is 250 g/mol. The largest absolute Gasteiger partial charge is 0.481 e. The summed E-state index contributed by atoms with van der Waals surface area (Å²) >= 11 is 0. The number of carboxylic acid groups (broad SMARTS) is 1. The van der Waals surface area contributed by atoms with Gasteiger partial charge in [-0.05, 0) is 12.3 Å². The van der Waals surface area contributed by atoms with Crippen LogP contribution in [0.2, 0.25) is 0 Å². The predicted octanol–water partition coefficient (Wildman–Crippen LogP) is 2.99. The molecule has 0 saturated carbocycles. The highest BCUT2D eigenvalue weighted by atomic mass is 16.4. The molecule has 0 fully saturated rings. The molecule has 0 radical (unpaired) electrons. The standard InChI is InChI=1S/C14H22N2O2/c1-6-14(4,5)13-15-7-10(8-16-13)11(9(2)3)12(17)18/h7-9,11H,6H2,1-5H3,(H,17,18)/t11-/m0/s1. The molecule has 0 aliphatic rings. The van der Waals surface area contributed by atoms with Gasteiger partial charge in [-0.1, -0.05) is 34.6 Å². The first-order valence-electron chi connectivity index (χ1n) is 6.34. The molecule has 100 valence electrons. The third-order valence-corrected chi connectivity index (χ3v) is 3.45. The summed E-state index contributed by atoms with van der Waals surface area (Å²) in [5, 5.41) is 9.22. The van der Waals surface area contributed by atoms with Crippen molar-refractivity contribution >= 4 is 5.97 Å². The number of hydrogen-bond acceptors (Lipinski definition) is 3. The normalized spacial score (nSPS) is 13.7. The van der Waals surface area contributed by atoms with Crippen LogP contribution in [-0.4, -0.2) is 21.0 Å². The summed E-state index contributed by atoms with van der Waals surface area (Å²) in [5.74, 6) is -0.572. The Hall–Kier alpha value is -1.45. The van der Waals surface area contributed by atoms with E-state index in [0.717, 1.165) is 12.2 Å². The first-order chi connectivity index (χ1) is 8.29. The van der Waals surface area contributed by atoms with Crippen LogP contribution in [0.4, 0.5) is 0 Å². The SMILES string of the molecule is CCC(C)(C)c1ncc([C@@H](C(=O)O)C(C)C)cn1. The van der Waals surface area contributed by atoms with E-state index in [1.165, 1.54) is 0 Å². The van der Waals surface area contributed by atoms with E-state index in [-0.39, 0.29) is 11.3 Å². The van der Waals surface area contributed by atoms with Crippen molar-refractivity contribution < 1.29 is 9.90 Å². The molecule has 1 aromatic rings. The summed E-state index contributed by atoms with van der Waals surface area (Å²) in [7, 11) is 0. The molecular weight excluding hydrogens is 228 g/mol. The van der Waals surface area contributed by atoms with Crippen LogP contribution in [-0.2, 0) is 10.2 Å². The van der Waals surface area contributed by atoms with Crippen molar-refractivity contribution in [1.82, 2.24) is 9.97 Å². The predicted molar refractivity (Wildman–Crippen MR) is 70.6 cm³/mol. The van der Waals surface area contributed by atoms with Crippen molar-refractivity contribution in [2.45, 2.75) is 52.4 Å². The van der Waals surface area contributed by atoms with Crippen LogP contribution in [0.25, 0.3) is 0 Å². The van der Waals surface area contributed by atoms with Crippen molar-refractivity contribution in [2.24, 2.45) is 5.92 Å². The maximum absolute atomic E-state index is 11.2. The Kier molecular flexibility index (Phi) is 4.43. The highest BCUT2D eigenvalue weighted by molar-refractivity contribution is 5.76. The fourth-order valence-corrected chi connectivity index (χ4v) is 1.82. The quantitative estimate of drug-likeness (QED) is 0.872. The minimum absolute atomic E-state index is 0.0242. The summed E-state index contributed by atoms with van der Waals surface area (Å²) in [6, 6.07) is 0. The Morgan fingerprint density at radius 3 is 2.17 bits per heavy atom.